The third-order valence-electron chi connectivity index (χ3n) is 3.30. The van der Waals surface area contributed by atoms with Crippen LogP contribution in [0.25, 0.3) is 0 Å². The fraction of sp³-hybridized carbons (Fsp3) is 0.692. The molecule has 0 aromatic carbocycles. The summed E-state index contributed by atoms with van der Waals surface area (Å²) < 4.78 is 5.35. The SMILES string of the molecule is CCOc1ccnc(NCC(C)N(C)C2CC2)n1. The Labute approximate surface area is 109 Å². The number of rotatable bonds is 7. The van der Waals surface area contributed by atoms with E-state index in [0.717, 1.165) is 12.6 Å². The molecule has 1 unspecified atom stereocenters. The first-order valence-electron chi connectivity index (χ1n) is 6.62. The zero-order valence-electron chi connectivity index (χ0n) is 11.4. The summed E-state index contributed by atoms with van der Waals surface area (Å²) in [4.78, 5) is 10.9. The Morgan fingerprint density at radius 3 is 3.00 bits per heavy atom. The van der Waals surface area contributed by atoms with Gasteiger partial charge in [0, 0.05) is 30.9 Å². The van der Waals surface area contributed by atoms with Crippen molar-refractivity contribution in [2.75, 3.05) is 25.5 Å². The Bertz CT molecular complexity index is 381. The molecule has 1 aliphatic carbocycles. The van der Waals surface area contributed by atoms with Gasteiger partial charge < -0.3 is 10.1 Å². The summed E-state index contributed by atoms with van der Waals surface area (Å²) in [6.45, 7) is 5.64. The van der Waals surface area contributed by atoms with E-state index in [1.54, 1.807) is 12.3 Å². The van der Waals surface area contributed by atoms with Gasteiger partial charge in [-0.25, -0.2) is 4.98 Å². The summed E-state index contributed by atoms with van der Waals surface area (Å²) >= 11 is 0. The van der Waals surface area contributed by atoms with Crippen LogP contribution in [0.15, 0.2) is 12.3 Å². The number of aromatic nitrogens is 2. The number of nitrogens with zero attached hydrogens (tertiary/aromatic N) is 3. The van der Waals surface area contributed by atoms with E-state index in [9.17, 15) is 0 Å². The number of ether oxygens (including phenoxy) is 1. The number of hydrogen-bond donors (Lipinski definition) is 1. The quantitative estimate of drug-likeness (QED) is 0.799. The molecule has 1 N–H and O–H groups in total. The first-order chi connectivity index (χ1) is 8.70. The minimum absolute atomic E-state index is 0.483. The molecule has 5 heteroatoms. The summed E-state index contributed by atoms with van der Waals surface area (Å²) in [6, 6.07) is 3.03. The van der Waals surface area contributed by atoms with Gasteiger partial charge in [-0.3, -0.25) is 4.90 Å². The Morgan fingerprint density at radius 1 is 1.56 bits per heavy atom. The molecule has 1 aliphatic rings. The molecule has 100 valence electrons. The van der Waals surface area contributed by atoms with Crippen LogP contribution in [0.2, 0.25) is 0 Å². The molecule has 1 saturated carbocycles. The first-order valence-corrected chi connectivity index (χ1v) is 6.62. The zero-order chi connectivity index (χ0) is 13.0. The van der Waals surface area contributed by atoms with Gasteiger partial charge in [0.2, 0.25) is 11.8 Å². The number of likely N-dealkylation sites (N-methyl/N-ethyl adjacent to an activating group) is 1. The molecular formula is C13H22N4O. The van der Waals surface area contributed by atoms with Crippen LogP contribution in [-0.2, 0) is 0 Å². The Balaban J connectivity index is 1.83. The summed E-state index contributed by atoms with van der Waals surface area (Å²) in [7, 11) is 2.18. The lowest BCUT2D eigenvalue weighted by Gasteiger charge is -2.24. The van der Waals surface area contributed by atoms with Gasteiger partial charge in [0.1, 0.15) is 0 Å². The van der Waals surface area contributed by atoms with Gasteiger partial charge in [-0.15, -0.1) is 0 Å². The van der Waals surface area contributed by atoms with Crippen molar-refractivity contribution in [2.24, 2.45) is 0 Å². The van der Waals surface area contributed by atoms with Crippen molar-refractivity contribution < 1.29 is 4.74 Å². The normalized spacial score (nSPS) is 16.7. The minimum Gasteiger partial charge on any atom is -0.478 e. The molecule has 5 nitrogen and oxygen atoms in total. The third kappa shape index (κ3) is 3.57. The zero-order valence-corrected chi connectivity index (χ0v) is 11.4. The average molecular weight is 250 g/mol. The van der Waals surface area contributed by atoms with Crippen LogP contribution < -0.4 is 10.1 Å². The lowest BCUT2D eigenvalue weighted by Crippen LogP contribution is -2.36. The smallest absolute Gasteiger partial charge is 0.225 e. The molecule has 1 heterocycles. The third-order valence-corrected chi connectivity index (χ3v) is 3.30. The summed E-state index contributed by atoms with van der Waals surface area (Å²) in [6.07, 6.45) is 4.38. The van der Waals surface area contributed by atoms with Crippen molar-refractivity contribution in [3.05, 3.63) is 12.3 Å². The molecule has 1 fully saturated rings. The average Bonchev–Trinajstić information content (AvgIpc) is 3.20. The summed E-state index contributed by atoms with van der Waals surface area (Å²) in [5, 5.41) is 3.26. The molecule has 0 bridgehead atoms. The van der Waals surface area contributed by atoms with E-state index >= 15 is 0 Å². The molecule has 0 amide bonds. The molecule has 0 saturated heterocycles. The fourth-order valence-electron chi connectivity index (χ4n) is 1.88. The first kappa shape index (κ1) is 13.1. The molecule has 0 aliphatic heterocycles. The van der Waals surface area contributed by atoms with Gasteiger partial charge in [0.15, 0.2) is 0 Å². The van der Waals surface area contributed by atoms with Crippen molar-refractivity contribution in [2.45, 2.75) is 38.8 Å². The second kappa shape index (κ2) is 6.00. The van der Waals surface area contributed by atoms with Gasteiger partial charge >= 0.3 is 0 Å². The highest BCUT2D eigenvalue weighted by molar-refractivity contribution is 5.27. The van der Waals surface area contributed by atoms with Gasteiger partial charge in [-0.2, -0.15) is 4.98 Å². The van der Waals surface area contributed by atoms with Gasteiger partial charge in [-0.05, 0) is 33.7 Å². The molecule has 2 rings (SSSR count). The van der Waals surface area contributed by atoms with Crippen LogP contribution in [0.3, 0.4) is 0 Å². The van der Waals surface area contributed by atoms with Crippen LogP contribution >= 0.6 is 0 Å². The van der Waals surface area contributed by atoms with E-state index in [0.29, 0.717) is 24.5 Å². The van der Waals surface area contributed by atoms with Crippen LogP contribution in [0, 0.1) is 0 Å². The van der Waals surface area contributed by atoms with E-state index in [1.165, 1.54) is 12.8 Å². The number of anilines is 1. The lowest BCUT2D eigenvalue weighted by molar-refractivity contribution is 0.257. The van der Waals surface area contributed by atoms with Crippen molar-refractivity contribution in [1.82, 2.24) is 14.9 Å². The maximum absolute atomic E-state index is 5.35. The fourth-order valence-corrected chi connectivity index (χ4v) is 1.88. The van der Waals surface area contributed by atoms with Crippen LogP contribution in [0.1, 0.15) is 26.7 Å². The summed E-state index contributed by atoms with van der Waals surface area (Å²) in [5.74, 6) is 1.26. The highest BCUT2D eigenvalue weighted by atomic mass is 16.5. The Hall–Kier alpha value is -1.36. The monoisotopic (exact) mass is 250 g/mol. The number of hydrogen-bond acceptors (Lipinski definition) is 5. The highest BCUT2D eigenvalue weighted by Crippen LogP contribution is 2.26. The van der Waals surface area contributed by atoms with Crippen molar-refractivity contribution >= 4 is 5.95 Å². The van der Waals surface area contributed by atoms with Gasteiger partial charge in [0.25, 0.3) is 0 Å². The maximum Gasteiger partial charge on any atom is 0.225 e. The highest BCUT2D eigenvalue weighted by Gasteiger charge is 2.28. The molecule has 0 radical (unpaired) electrons. The van der Waals surface area contributed by atoms with E-state index in [4.69, 9.17) is 4.74 Å². The topological polar surface area (TPSA) is 50.3 Å². The maximum atomic E-state index is 5.35. The van der Waals surface area contributed by atoms with Crippen LogP contribution in [0.5, 0.6) is 5.88 Å². The van der Waals surface area contributed by atoms with E-state index in [2.05, 4.69) is 34.2 Å². The molecule has 0 spiro atoms. The van der Waals surface area contributed by atoms with Crippen LogP contribution in [0.4, 0.5) is 5.95 Å². The molecular weight excluding hydrogens is 228 g/mol. The predicted octanol–water partition coefficient (Wildman–Crippen LogP) is 1.77. The standard InChI is InChI=1S/C13H22N4O/c1-4-18-12-7-8-14-13(16-12)15-9-10(2)17(3)11-5-6-11/h7-8,10-11H,4-6,9H2,1-3H3,(H,14,15,16). The van der Waals surface area contributed by atoms with E-state index in [1.807, 2.05) is 6.92 Å². The molecule has 1 aromatic rings. The van der Waals surface area contributed by atoms with E-state index in [-0.39, 0.29) is 0 Å². The Morgan fingerprint density at radius 2 is 2.33 bits per heavy atom. The van der Waals surface area contributed by atoms with Crippen molar-refractivity contribution in [3.8, 4) is 5.88 Å². The minimum atomic E-state index is 0.483. The molecule has 1 aromatic heterocycles. The largest absolute Gasteiger partial charge is 0.478 e. The predicted molar refractivity (Wildman–Crippen MR) is 71.9 cm³/mol. The second-order valence-corrected chi connectivity index (χ2v) is 4.78. The van der Waals surface area contributed by atoms with Gasteiger partial charge in [-0.1, -0.05) is 0 Å². The van der Waals surface area contributed by atoms with Crippen molar-refractivity contribution in [1.29, 1.82) is 0 Å². The summed E-state index contributed by atoms with van der Waals surface area (Å²) in [5.41, 5.74) is 0. The van der Waals surface area contributed by atoms with Crippen LogP contribution in [-0.4, -0.2) is 47.2 Å². The number of nitrogens with one attached hydrogen (secondary N) is 1. The Kier molecular flexibility index (Phi) is 4.36. The second-order valence-electron chi connectivity index (χ2n) is 4.78. The lowest BCUT2D eigenvalue weighted by atomic mass is 10.3. The van der Waals surface area contributed by atoms with Crippen molar-refractivity contribution in [3.63, 3.8) is 0 Å². The molecule has 1 atom stereocenters. The van der Waals surface area contributed by atoms with Gasteiger partial charge in [0.05, 0.1) is 6.61 Å². The molecule has 18 heavy (non-hydrogen) atoms. The van der Waals surface area contributed by atoms with E-state index < -0.39 is 0 Å².